The van der Waals surface area contributed by atoms with Gasteiger partial charge >= 0.3 is 0 Å². The number of sulfonamides is 1. The van der Waals surface area contributed by atoms with Crippen molar-refractivity contribution in [1.82, 2.24) is 9.97 Å². The van der Waals surface area contributed by atoms with Gasteiger partial charge < -0.3 is 5.11 Å². The number of nitrogens with one attached hydrogen (secondary N) is 1. The van der Waals surface area contributed by atoms with Gasteiger partial charge in [0, 0.05) is 12.4 Å². The molecule has 0 atom stereocenters. The molecule has 0 amide bonds. The highest BCUT2D eigenvalue weighted by Crippen LogP contribution is 2.17. The molecule has 0 saturated heterocycles. The van der Waals surface area contributed by atoms with Crippen LogP contribution in [0.2, 0.25) is 0 Å². The first-order valence-electron chi connectivity index (χ1n) is 5.71. The fourth-order valence-corrected chi connectivity index (χ4v) is 2.45. The molecule has 0 fully saturated rings. The lowest BCUT2D eigenvalue weighted by Gasteiger charge is -2.07. The first-order chi connectivity index (χ1) is 10.0. The summed E-state index contributed by atoms with van der Waals surface area (Å²) < 4.78 is 40.0. The van der Waals surface area contributed by atoms with E-state index >= 15 is 0 Å². The molecule has 108 valence electrons. The maximum atomic E-state index is 13.7. The molecule has 0 aliphatic carbocycles. The van der Waals surface area contributed by atoms with Crippen LogP contribution < -0.4 is 4.72 Å². The maximum Gasteiger partial charge on any atom is 0.263 e. The van der Waals surface area contributed by atoms with E-state index in [1.165, 1.54) is 30.7 Å². The summed E-state index contributed by atoms with van der Waals surface area (Å²) in [6.45, 7) is -0.409. The smallest absolute Gasteiger partial charge is 0.263 e. The van der Waals surface area contributed by atoms with Crippen LogP contribution in [-0.4, -0.2) is 30.1 Å². The van der Waals surface area contributed by atoms with Crippen LogP contribution in [0.15, 0.2) is 41.7 Å². The van der Waals surface area contributed by atoms with Gasteiger partial charge in [0.2, 0.25) is 0 Å². The highest BCUT2D eigenvalue weighted by atomic mass is 32.2. The standard InChI is InChI=1S/C13H10FN3O3S/c14-12-8-11(4-3-10(12)2-1-7-18)21(19,20)17-13-9-15-5-6-16-13/h3-6,8-9,18H,7H2,(H,16,17). The zero-order chi connectivity index (χ0) is 15.3. The summed E-state index contributed by atoms with van der Waals surface area (Å²) in [5, 5.41) is 8.55. The minimum absolute atomic E-state index is 0.00232. The molecule has 0 spiro atoms. The third kappa shape index (κ3) is 3.75. The second kappa shape index (κ2) is 6.30. The van der Waals surface area contributed by atoms with Crippen LogP contribution in [0.5, 0.6) is 0 Å². The van der Waals surface area contributed by atoms with Gasteiger partial charge in [0.15, 0.2) is 5.82 Å². The quantitative estimate of drug-likeness (QED) is 0.817. The van der Waals surface area contributed by atoms with E-state index in [1.54, 1.807) is 0 Å². The molecule has 0 bridgehead atoms. The summed E-state index contributed by atoms with van der Waals surface area (Å²) in [6, 6.07) is 3.28. The topological polar surface area (TPSA) is 92.2 Å². The molecule has 1 aromatic heterocycles. The van der Waals surface area contributed by atoms with Crippen molar-refractivity contribution in [2.75, 3.05) is 11.3 Å². The number of aliphatic hydroxyl groups excluding tert-OH is 1. The second-order valence-electron chi connectivity index (χ2n) is 3.80. The van der Waals surface area contributed by atoms with E-state index in [4.69, 9.17) is 5.11 Å². The molecule has 0 unspecified atom stereocenters. The minimum Gasteiger partial charge on any atom is -0.384 e. The minimum atomic E-state index is -3.96. The van der Waals surface area contributed by atoms with Crippen molar-refractivity contribution in [3.63, 3.8) is 0 Å². The molecule has 1 heterocycles. The Hall–Kier alpha value is -2.50. The van der Waals surface area contributed by atoms with E-state index in [2.05, 4.69) is 26.5 Å². The molecular weight excluding hydrogens is 297 g/mol. The zero-order valence-electron chi connectivity index (χ0n) is 10.6. The molecule has 2 rings (SSSR count). The Morgan fingerprint density at radius 1 is 1.33 bits per heavy atom. The Balaban J connectivity index is 2.31. The van der Waals surface area contributed by atoms with Crippen molar-refractivity contribution >= 4 is 15.8 Å². The number of hydrogen-bond acceptors (Lipinski definition) is 5. The largest absolute Gasteiger partial charge is 0.384 e. The van der Waals surface area contributed by atoms with Crippen molar-refractivity contribution in [3.05, 3.63) is 48.2 Å². The average Bonchev–Trinajstić information content (AvgIpc) is 2.46. The summed E-state index contributed by atoms with van der Waals surface area (Å²) in [5.41, 5.74) is 0.00232. The second-order valence-corrected chi connectivity index (χ2v) is 5.48. The predicted molar refractivity (Wildman–Crippen MR) is 73.2 cm³/mol. The molecule has 8 heteroatoms. The fraction of sp³-hybridized carbons (Fsp3) is 0.0769. The van der Waals surface area contributed by atoms with Gasteiger partial charge in [-0.3, -0.25) is 9.71 Å². The molecule has 0 saturated carbocycles. The molecule has 6 nitrogen and oxygen atoms in total. The highest BCUT2D eigenvalue weighted by molar-refractivity contribution is 7.92. The lowest BCUT2D eigenvalue weighted by atomic mass is 10.2. The molecule has 0 aliphatic heterocycles. The first-order valence-corrected chi connectivity index (χ1v) is 7.19. The van der Waals surface area contributed by atoms with Crippen molar-refractivity contribution in [3.8, 4) is 11.8 Å². The molecule has 21 heavy (non-hydrogen) atoms. The van der Waals surface area contributed by atoms with E-state index in [0.29, 0.717) is 0 Å². The van der Waals surface area contributed by atoms with Crippen molar-refractivity contribution in [2.45, 2.75) is 4.90 Å². The van der Waals surface area contributed by atoms with Crippen LogP contribution in [0.25, 0.3) is 0 Å². The number of hydrogen-bond donors (Lipinski definition) is 2. The van der Waals surface area contributed by atoms with Gasteiger partial charge in [0.05, 0.1) is 16.7 Å². The number of benzene rings is 1. The third-order valence-corrected chi connectivity index (χ3v) is 3.71. The monoisotopic (exact) mass is 307 g/mol. The van der Waals surface area contributed by atoms with Crippen LogP contribution in [0.4, 0.5) is 10.2 Å². The van der Waals surface area contributed by atoms with Crippen LogP contribution in [-0.2, 0) is 10.0 Å². The zero-order valence-corrected chi connectivity index (χ0v) is 11.4. The fourth-order valence-electron chi connectivity index (χ4n) is 1.45. The number of halogens is 1. The summed E-state index contributed by atoms with van der Waals surface area (Å²) in [6.07, 6.45) is 3.95. The number of nitrogens with zero attached hydrogens (tertiary/aromatic N) is 2. The number of rotatable bonds is 3. The Morgan fingerprint density at radius 2 is 2.14 bits per heavy atom. The Kier molecular flexibility index (Phi) is 4.47. The van der Waals surface area contributed by atoms with Crippen molar-refractivity contribution in [1.29, 1.82) is 0 Å². The van der Waals surface area contributed by atoms with Gasteiger partial charge in [0.1, 0.15) is 12.4 Å². The van der Waals surface area contributed by atoms with E-state index in [0.717, 1.165) is 6.07 Å². The molecule has 2 N–H and O–H groups in total. The van der Waals surface area contributed by atoms with E-state index in [9.17, 15) is 12.8 Å². The normalized spacial score (nSPS) is 10.6. The highest BCUT2D eigenvalue weighted by Gasteiger charge is 2.16. The number of anilines is 1. The summed E-state index contributed by atoms with van der Waals surface area (Å²) in [5.74, 6) is 3.90. The summed E-state index contributed by atoms with van der Waals surface area (Å²) >= 11 is 0. The van der Waals surface area contributed by atoms with Gasteiger partial charge in [-0.1, -0.05) is 11.8 Å². The van der Waals surface area contributed by atoms with E-state index < -0.39 is 22.4 Å². The SMILES string of the molecule is O=S(=O)(Nc1cnccn1)c1ccc(C#CCO)c(F)c1. The Bertz CT molecular complexity index is 798. The van der Waals surface area contributed by atoms with Gasteiger partial charge in [-0.25, -0.2) is 17.8 Å². The van der Waals surface area contributed by atoms with Gasteiger partial charge in [0.25, 0.3) is 10.0 Å². The van der Waals surface area contributed by atoms with Crippen LogP contribution >= 0.6 is 0 Å². The van der Waals surface area contributed by atoms with E-state index in [1.807, 2.05) is 0 Å². The predicted octanol–water partition coefficient (Wildman–Crippen LogP) is 0.760. The van der Waals surface area contributed by atoms with Crippen LogP contribution in [0.3, 0.4) is 0 Å². The first kappa shape index (κ1) is 14.9. The Labute approximate surface area is 120 Å². The molecular formula is C13H10FN3O3S. The lowest BCUT2D eigenvalue weighted by Crippen LogP contribution is -2.14. The van der Waals surface area contributed by atoms with Crippen molar-refractivity contribution < 1.29 is 17.9 Å². The van der Waals surface area contributed by atoms with Crippen LogP contribution in [0.1, 0.15) is 5.56 Å². The molecule has 0 radical (unpaired) electrons. The molecule has 1 aromatic carbocycles. The van der Waals surface area contributed by atoms with Gasteiger partial charge in [-0.05, 0) is 18.2 Å². The average molecular weight is 307 g/mol. The van der Waals surface area contributed by atoms with Crippen molar-refractivity contribution in [2.24, 2.45) is 0 Å². The molecule has 2 aromatic rings. The molecule has 0 aliphatic rings. The van der Waals surface area contributed by atoms with Gasteiger partial charge in [-0.2, -0.15) is 0 Å². The van der Waals surface area contributed by atoms with E-state index in [-0.39, 0.29) is 16.3 Å². The summed E-state index contributed by atoms with van der Waals surface area (Å²) in [4.78, 5) is 7.23. The van der Waals surface area contributed by atoms with Gasteiger partial charge in [-0.15, -0.1) is 0 Å². The number of aliphatic hydroxyl groups is 1. The maximum absolute atomic E-state index is 13.7. The summed E-state index contributed by atoms with van der Waals surface area (Å²) in [7, 11) is -3.96. The third-order valence-electron chi connectivity index (χ3n) is 2.36. The lowest BCUT2D eigenvalue weighted by molar-refractivity contribution is 0.350. The number of aromatic nitrogens is 2. The Morgan fingerprint density at radius 3 is 2.76 bits per heavy atom. The van der Waals surface area contributed by atoms with Crippen LogP contribution in [0, 0.1) is 17.7 Å².